The van der Waals surface area contributed by atoms with Gasteiger partial charge in [0.15, 0.2) is 10.9 Å². The fourth-order valence-corrected chi connectivity index (χ4v) is 4.18. The number of anilines is 2. The molecule has 0 radical (unpaired) electrons. The highest BCUT2D eigenvalue weighted by molar-refractivity contribution is 7.13. The average molecular weight is 369 g/mol. The largest absolute Gasteiger partial charge is 0.315 e. The van der Waals surface area contributed by atoms with E-state index < -0.39 is 0 Å². The SMILES string of the molecule is Cc1csc(Nc2nccnc2[C@H]2CCCN(Cc3cnn(C)c3)C2)n1. The minimum absolute atomic E-state index is 0.373. The van der Waals surface area contributed by atoms with Crippen molar-refractivity contribution < 1.29 is 0 Å². The molecule has 0 aliphatic carbocycles. The Balaban J connectivity index is 1.49. The molecule has 26 heavy (non-hydrogen) atoms. The van der Waals surface area contributed by atoms with Gasteiger partial charge in [-0.05, 0) is 26.3 Å². The molecule has 0 amide bonds. The Morgan fingerprint density at radius 2 is 2.19 bits per heavy atom. The van der Waals surface area contributed by atoms with Crippen LogP contribution in [0, 0.1) is 6.92 Å². The van der Waals surface area contributed by atoms with Gasteiger partial charge in [-0.3, -0.25) is 14.6 Å². The van der Waals surface area contributed by atoms with Gasteiger partial charge in [0.1, 0.15) is 0 Å². The number of piperidine rings is 1. The molecule has 0 bridgehead atoms. The lowest BCUT2D eigenvalue weighted by atomic mass is 9.94. The van der Waals surface area contributed by atoms with Crippen LogP contribution in [0.4, 0.5) is 10.9 Å². The molecule has 0 spiro atoms. The number of aromatic nitrogens is 5. The van der Waals surface area contributed by atoms with Crippen LogP contribution in [0.25, 0.3) is 0 Å². The van der Waals surface area contributed by atoms with Gasteiger partial charge in [-0.1, -0.05) is 0 Å². The summed E-state index contributed by atoms with van der Waals surface area (Å²) in [6, 6.07) is 0. The first-order valence-corrected chi connectivity index (χ1v) is 9.75. The maximum Gasteiger partial charge on any atom is 0.188 e. The lowest BCUT2D eigenvalue weighted by molar-refractivity contribution is 0.198. The Morgan fingerprint density at radius 3 is 2.96 bits per heavy atom. The van der Waals surface area contributed by atoms with Crippen LogP contribution in [0.15, 0.2) is 30.2 Å². The minimum Gasteiger partial charge on any atom is -0.315 e. The van der Waals surface area contributed by atoms with E-state index in [-0.39, 0.29) is 0 Å². The van der Waals surface area contributed by atoms with E-state index in [2.05, 4.69) is 36.5 Å². The van der Waals surface area contributed by atoms with Crippen LogP contribution in [0.2, 0.25) is 0 Å². The van der Waals surface area contributed by atoms with E-state index in [1.165, 1.54) is 5.56 Å². The molecular weight excluding hydrogens is 346 g/mol. The third-order valence-corrected chi connectivity index (χ3v) is 5.50. The molecule has 1 saturated heterocycles. The van der Waals surface area contributed by atoms with E-state index in [0.717, 1.165) is 54.8 Å². The Morgan fingerprint density at radius 1 is 1.31 bits per heavy atom. The summed E-state index contributed by atoms with van der Waals surface area (Å²) in [5.74, 6) is 1.20. The molecule has 0 aromatic carbocycles. The molecule has 3 aromatic rings. The van der Waals surface area contributed by atoms with Gasteiger partial charge in [-0.25, -0.2) is 9.97 Å². The number of likely N-dealkylation sites (tertiary alicyclic amines) is 1. The summed E-state index contributed by atoms with van der Waals surface area (Å²) in [6.45, 7) is 5.02. The summed E-state index contributed by atoms with van der Waals surface area (Å²) < 4.78 is 1.86. The molecule has 1 aliphatic heterocycles. The van der Waals surface area contributed by atoms with Gasteiger partial charge in [0.25, 0.3) is 0 Å². The standard InChI is InChI=1S/C18H23N7S/c1-13-12-26-18(22-13)23-17-16(19-5-6-20-17)15-4-3-7-25(11-15)10-14-8-21-24(2)9-14/h5-6,8-9,12,15H,3-4,7,10-11H2,1-2H3,(H,20,22,23)/t15-/m0/s1. The van der Waals surface area contributed by atoms with Crippen molar-refractivity contribution in [2.45, 2.75) is 32.2 Å². The van der Waals surface area contributed by atoms with Crippen LogP contribution in [-0.4, -0.2) is 42.7 Å². The molecule has 0 saturated carbocycles. The number of aryl methyl sites for hydroxylation is 2. The van der Waals surface area contributed by atoms with Gasteiger partial charge in [0.05, 0.1) is 17.6 Å². The third-order valence-electron chi connectivity index (χ3n) is 4.63. The van der Waals surface area contributed by atoms with Crippen LogP contribution in [0.1, 0.15) is 35.7 Å². The van der Waals surface area contributed by atoms with Gasteiger partial charge in [-0.2, -0.15) is 5.10 Å². The summed E-state index contributed by atoms with van der Waals surface area (Å²) in [6.07, 6.45) is 9.86. The summed E-state index contributed by atoms with van der Waals surface area (Å²) in [5.41, 5.74) is 3.31. The Labute approximate surface area is 157 Å². The molecule has 136 valence electrons. The summed E-state index contributed by atoms with van der Waals surface area (Å²) in [4.78, 5) is 16.2. The maximum absolute atomic E-state index is 4.66. The second kappa shape index (κ2) is 7.51. The van der Waals surface area contributed by atoms with Crippen LogP contribution >= 0.6 is 11.3 Å². The molecule has 1 fully saturated rings. The number of nitrogens with one attached hydrogen (secondary N) is 1. The van der Waals surface area contributed by atoms with Crippen LogP contribution < -0.4 is 5.32 Å². The van der Waals surface area contributed by atoms with Crippen molar-refractivity contribution in [2.24, 2.45) is 7.05 Å². The molecule has 4 heterocycles. The second-order valence-corrected chi connectivity index (χ2v) is 7.66. The third kappa shape index (κ3) is 3.91. The quantitative estimate of drug-likeness (QED) is 0.745. The molecule has 1 aliphatic rings. The maximum atomic E-state index is 4.66. The van der Waals surface area contributed by atoms with Gasteiger partial charge in [0.2, 0.25) is 0 Å². The first-order chi connectivity index (χ1) is 12.7. The first kappa shape index (κ1) is 17.1. The normalized spacial score (nSPS) is 18.2. The lowest BCUT2D eigenvalue weighted by Gasteiger charge is -2.32. The lowest BCUT2D eigenvalue weighted by Crippen LogP contribution is -2.34. The van der Waals surface area contributed by atoms with E-state index >= 15 is 0 Å². The molecule has 1 N–H and O–H groups in total. The number of nitrogens with zero attached hydrogens (tertiary/aromatic N) is 6. The Kier molecular flexibility index (Phi) is 4.94. The predicted octanol–water partition coefficient (Wildman–Crippen LogP) is 3.10. The Hall–Kier alpha value is -2.32. The van der Waals surface area contributed by atoms with Crippen LogP contribution in [0.5, 0.6) is 0 Å². The molecule has 8 heteroatoms. The van der Waals surface area contributed by atoms with Crippen molar-refractivity contribution in [2.75, 3.05) is 18.4 Å². The van der Waals surface area contributed by atoms with E-state index in [1.807, 2.05) is 30.2 Å². The van der Waals surface area contributed by atoms with E-state index in [9.17, 15) is 0 Å². The molecule has 3 aromatic heterocycles. The fourth-order valence-electron chi connectivity index (χ4n) is 3.49. The van der Waals surface area contributed by atoms with Gasteiger partial charge < -0.3 is 5.32 Å². The predicted molar refractivity (Wildman–Crippen MR) is 103 cm³/mol. The average Bonchev–Trinajstić information content (AvgIpc) is 3.24. The van der Waals surface area contributed by atoms with Gasteiger partial charge in [-0.15, -0.1) is 11.3 Å². The highest BCUT2D eigenvalue weighted by Crippen LogP contribution is 2.31. The minimum atomic E-state index is 0.373. The zero-order chi connectivity index (χ0) is 17.9. The molecule has 1 atom stereocenters. The van der Waals surface area contributed by atoms with E-state index in [4.69, 9.17) is 0 Å². The summed E-state index contributed by atoms with van der Waals surface area (Å²) >= 11 is 1.59. The number of hydrogen-bond acceptors (Lipinski definition) is 7. The zero-order valence-corrected chi connectivity index (χ0v) is 15.9. The van der Waals surface area contributed by atoms with E-state index in [0.29, 0.717) is 5.92 Å². The summed E-state index contributed by atoms with van der Waals surface area (Å²) in [5, 5.41) is 10.5. The van der Waals surface area contributed by atoms with E-state index in [1.54, 1.807) is 23.7 Å². The molecule has 0 unspecified atom stereocenters. The van der Waals surface area contributed by atoms with Crippen molar-refractivity contribution >= 4 is 22.3 Å². The number of thiazole rings is 1. The van der Waals surface area contributed by atoms with Crippen molar-refractivity contribution in [1.82, 2.24) is 29.6 Å². The highest BCUT2D eigenvalue weighted by Gasteiger charge is 2.25. The smallest absolute Gasteiger partial charge is 0.188 e. The number of hydrogen-bond donors (Lipinski definition) is 1. The van der Waals surface area contributed by atoms with Gasteiger partial charge in [0, 0.05) is 55.6 Å². The summed E-state index contributed by atoms with van der Waals surface area (Å²) in [7, 11) is 1.96. The van der Waals surface area contributed by atoms with Gasteiger partial charge >= 0.3 is 0 Å². The second-order valence-electron chi connectivity index (χ2n) is 6.81. The fraction of sp³-hybridized carbons (Fsp3) is 0.444. The van der Waals surface area contributed by atoms with Crippen molar-refractivity contribution in [3.8, 4) is 0 Å². The molecule has 7 nitrogen and oxygen atoms in total. The van der Waals surface area contributed by atoms with Crippen molar-refractivity contribution in [1.29, 1.82) is 0 Å². The molecular formula is C18H23N7S. The van der Waals surface area contributed by atoms with Crippen molar-refractivity contribution in [3.63, 3.8) is 0 Å². The Bertz CT molecular complexity index is 872. The first-order valence-electron chi connectivity index (χ1n) is 8.87. The topological polar surface area (TPSA) is 71.8 Å². The van der Waals surface area contributed by atoms with Crippen LogP contribution in [-0.2, 0) is 13.6 Å². The number of rotatable bonds is 5. The monoisotopic (exact) mass is 369 g/mol. The van der Waals surface area contributed by atoms with Crippen molar-refractivity contribution in [3.05, 3.63) is 47.1 Å². The highest BCUT2D eigenvalue weighted by atomic mass is 32.1. The zero-order valence-electron chi connectivity index (χ0n) is 15.1. The van der Waals surface area contributed by atoms with Crippen LogP contribution in [0.3, 0.4) is 0 Å². The molecule has 4 rings (SSSR count).